The van der Waals surface area contributed by atoms with Crippen molar-refractivity contribution in [1.29, 1.82) is 0 Å². The first kappa shape index (κ1) is 21.9. The maximum absolute atomic E-state index is 14.1. The third kappa shape index (κ3) is 4.52. The molecule has 0 aromatic heterocycles. The Hall–Kier alpha value is -3.83. The number of piperazine rings is 1. The van der Waals surface area contributed by atoms with E-state index >= 15 is 0 Å². The van der Waals surface area contributed by atoms with Crippen LogP contribution < -0.4 is 9.64 Å². The van der Waals surface area contributed by atoms with Crippen molar-refractivity contribution in [2.24, 2.45) is 0 Å². The van der Waals surface area contributed by atoms with Crippen molar-refractivity contribution in [3.63, 3.8) is 0 Å². The Morgan fingerprint density at radius 1 is 1.19 bits per heavy atom. The predicted molar refractivity (Wildman–Crippen MR) is 101 cm³/mol. The van der Waals surface area contributed by atoms with Crippen molar-refractivity contribution < 1.29 is 37.5 Å². The molecule has 3 rings (SSSR count). The molecule has 1 heterocycles. The zero-order valence-electron chi connectivity index (χ0n) is 15.8. The molecule has 1 aliphatic heterocycles. The fourth-order valence-electron chi connectivity index (χ4n) is 3.37. The average molecular weight is 439 g/mol. The van der Waals surface area contributed by atoms with Gasteiger partial charge in [0.25, 0.3) is 5.69 Å². The summed E-state index contributed by atoms with van der Waals surface area (Å²) >= 11 is 0. The standard InChI is InChI=1S/C19H16F3N3O6/c20-19(21,22)16-15(31-13-4-2-1-3-5-13)7-6-14(25(29)30)17(16)23-8-9-24(18(27)28)12(10-23)11-26/h1-7,11-12H,8-10H2,(H,27,28)/t12-/m1/s1. The van der Waals surface area contributed by atoms with Gasteiger partial charge in [0.05, 0.1) is 4.92 Å². The Kier molecular flexibility index (Phi) is 5.99. The number of anilines is 1. The van der Waals surface area contributed by atoms with Crippen LogP contribution in [-0.4, -0.2) is 53.0 Å². The molecule has 2 aromatic rings. The fraction of sp³-hybridized carbons (Fsp3) is 0.263. The van der Waals surface area contributed by atoms with Crippen LogP contribution in [0, 0.1) is 10.1 Å². The largest absolute Gasteiger partial charge is 0.465 e. The van der Waals surface area contributed by atoms with Crippen LogP contribution in [0.15, 0.2) is 42.5 Å². The highest BCUT2D eigenvalue weighted by molar-refractivity contribution is 5.77. The van der Waals surface area contributed by atoms with Crippen molar-refractivity contribution in [2.45, 2.75) is 12.2 Å². The first-order chi connectivity index (χ1) is 14.6. The van der Waals surface area contributed by atoms with Crippen LogP contribution in [-0.2, 0) is 11.0 Å². The van der Waals surface area contributed by atoms with Crippen molar-refractivity contribution in [1.82, 2.24) is 4.90 Å². The van der Waals surface area contributed by atoms with Gasteiger partial charge in [-0.05, 0) is 18.2 Å². The lowest BCUT2D eigenvalue weighted by Crippen LogP contribution is -2.56. The molecule has 0 bridgehead atoms. The molecule has 0 radical (unpaired) electrons. The summed E-state index contributed by atoms with van der Waals surface area (Å²) in [5.74, 6) is -0.558. The van der Waals surface area contributed by atoms with E-state index in [4.69, 9.17) is 4.74 Å². The van der Waals surface area contributed by atoms with Gasteiger partial charge < -0.3 is 19.5 Å². The molecule has 31 heavy (non-hydrogen) atoms. The number of hydrogen-bond acceptors (Lipinski definition) is 6. The number of ether oxygens (including phenoxy) is 1. The summed E-state index contributed by atoms with van der Waals surface area (Å²) in [5.41, 5.74) is -2.98. The van der Waals surface area contributed by atoms with E-state index in [-0.39, 0.29) is 25.1 Å². The van der Waals surface area contributed by atoms with E-state index in [1.807, 2.05) is 0 Å². The minimum absolute atomic E-state index is 0.0919. The van der Waals surface area contributed by atoms with E-state index in [2.05, 4.69) is 0 Å². The Bertz CT molecular complexity index is 999. The van der Waals surface area contributed by atoms with Crippen LogP contribution in [0.5, 0.6) is 11.5 Å². The first-order valence-electron chi connectivity index (χ1n) is 8.94. The number of carbonyl (C=O) groups is 2. The van der Waals surface area contributed by atoms with Crippen LogP contribution in [0.2, 0.25) is 0 Å². The SMILES string of the molecule is O=C[C@H]1CN(c2c([N+](=O)[O-])ccc(Oc3ccccc3)c2C(F)(F)F)CCN1C(=O)O. The number of carbonyl (C=O) groups excluding carboxylic acids is 1. The van der Waals surface area contributed by atoms with Gasteiger partial charge in [-0.15, -0.1) is 0 Å². The quantitative estimate of drug-likeness (QED) is 0.429. The number of para-hydroxylation sites is 1. The molecule has 12 heteroatoms. The molecule has 9 nitrogen and oxygen atoms in total. The van der Waals surface area contributed by atoms with Crippen molar-refractivity contribution >= 4 is 23.8 Å². The highest BCUT2D eigenvalue weighted by Crippen LogP contribution is 2.48. The lowest BCUT2D eigenvalue weighted by Gasteiger charge is -2.39. The average Bonchev–Trinajstić information content (AvgIpc) is 2.72. The molecule has 1 atom stereocenters. The van der Waals surface area contributed by atoms with Crippen LogP contribution >= 0.6 is 0 Å². The van der Waals surface area contributed by atoms with Crippen molar-refractivity contribution in [2.75, 3.05) is 24.5 Å². The number of halogens is 3. The molecule has 1 fully saturated rings. The molecule has 1 N–H and O–H groups in total. The van der Waals surface area contributed by atoms with Crippen LogP contribution in [0.4, 0.5) is 29.3 Å². The van der Waals surface area contributed by atoms with Gasteiger partial charge in [0.15, 0.2) is 0 Å². The zero-order chi connectivity index (χ0) is 22.8. The number of amides is 1. The van der Waals surface area contributed by atoms with Gasteiger partial charge in [-0.2, -0.15) is 13.2 Å². The minimum Gasteiger partial charge on any atom is -0.465 e. The number of alkyl halides is 3. The van der Waals surface area contributed by atoms with E-state index < -0.39 is 52.5 Å². The molecule has 164 valence electrons. The van der Waals surface area contributed by atoms with Gasteiger partial charge in [0.2, 0.25) is 0 Å². The third-order valence-electron chi connectivity index (χ3n) is 4.71. The second-order valence-corrected chi connectivity index (χ2v) is 6.60. The molecule has 1 amide bonds. The maximum Gasteiger partial charge on any atom is 0.422 e. The monoisotopic (exact) mass is 439 g/mol. The van der Waals surface area contributed by atoms with E-state index in [0.29, 0.717) is 0 Å². The minimum atomic E-state index is -5.04. The molecule has 0 unspecified atom stereocenters. The number of carboxylic acid groups (broad SMARTS) is 1. The molecule has 0 spiro atoms. The van der Waals surface area contributed by atoms with Gasteiger partial charge in [0.1, 0.15) is 35.1 Å². The smallest absolute Gasteiger partial charge is 0.422 e. The molecule has 2 aromatic carbocycles. The second kappa shape index (κ2) is 8.50. The fourth-order valence-corrected chi connectivity index (χ4v) is 3.37. The molecular weight excluding hydrogens is 423 g/mol. The third-order valence-corrected chi connectivity index (χ3v) is 4.71. The molecule has 0 saturated carbocycles. The number of nitrogens with zero attached hydrogens (tertiary/aromatic N) is 3. The molecule has 1 aliphatic rings. The van der Waals surface area contributed by atoms with Gasteiger partial charge >= 0.3 is 12.3 Å². The number of hydrogen-bond donors (Lipinski definition) is 1. The van der Waals surface area contributed by atoms with Crippen LogP contribution in [0.3, 0.4) is 0 Å². The van der Waals surface area contributed by atoms with Gasteiger partial charge in [-0.1, -0.05) is 18.2 Å². The number of rotatable bonds is 5. The number of aldehydes is 1. The summed E-state index contributed by atoms with van der Waals surface area (Å²) < 4.78 is 47.6. The van der Waals surface area contributed by atoms with Crippen molar-refractivity contribution in [3.8, 4) is 11.5 Å². The molecule has 0 aliphatic carbocycles. The number of benzene rings is 2. The summed E-state index contributed by atoms with van der Waals surface area (Å²) in [7, 11) is 0. The van der Waals surface area contributed by atoms with E-state index in [1.54, 1.807) is 18.2 Å². The highest BCUT2D eigenvalue weighted by Gasteiger charge is 2.44. The maximum atomic E-state index is 14.1. The first-order valence-corrected chi connectivity index (χ1v) is 8.94. The van der Waals surface area contributed by atoms with Crippen molar-refractivity contribution in [3.05, 3.63) is 58.1 Å². The predicted octanol–water partition coefficient (Wildman–Crippen LogP) is 3.77. The second-order valence-electron chi connectivity index (χ2n) is 6.60. The summed E-state index contributed by atoms with van der Waals surface area (Å²) in [4.78, 5) is 35.0. The zero-order valence-corrected chi connectivity index (χ0v) is 15.8. The lowest BCUT2D eigenvalue weighted by molar-refractivity contribution is -0.384. The van der Waals surface area contributed by atoms with Crippen LogP contribution in [0.25, 0.3) is 0 Å². The summed E-state index contributed by atoms with van der Waals surface area (Å²) in [6.45, 7) is -1.07. The number of nitro groups is 1. The normalized spacial score (nSPS) is 16.7. The van der Waals surface area contributed by atoms with Gasteiger partial charge in [-0.3, -0.25) is 15.0 Å². The Labute approximate surface area is 173 Å². The van der Waals surface area contributed by atoms with E-state index in [0.717, 1.165) is 21.9 Å². The van der Waals surface area contributed by atoms with Gasteiger partial charge in [0, 0.05) is 25.7 Å². The molecule has 1 saturated heterocycles. The highest BCUT2D eigenvalue weighted by atomic mass is 19.4. The van der Waals surface area contributed by atoms with Crippen LogP contribution in [0.1, 0.15) is 5.56 Å². The molecular formula is C19H16F3N3O6. The lowest BCUT2D eigenvalue weighted by atomic mass is 10.1. The Morgan fingerprint density at radius 3 is 2.42 bits per heavy atom. The number of nitro benzene ring substituents is 1. The van der Waals surface area contributed by atoms with E-state index in [1.165, 1.54) is 12.1 Å². The summed E-state index contributed by atoms with van der Waals surface area (Å²) in [6, 6.07) is 8.06. The topological polar surface area (TPSA) is 113 Å². The van der Waals surface area contributed by atoms with E-state index in [9.17, 15) is 38.0 Å². The van der Waals surface area contributed by atoms with Gasteiger partial charge in [-0.25, -0.2) is 4.79 Å². The Morgan fingerprint density at radius 2 is 1.87 bits per heavy atom. The summed E-state index contributed by atoms with van der Waals surface area (Å²) in [5, 5.41) is 20.7. The summed E-state index contributed by atoms with van der Waals surface area (Å²) in [6.07, 6.45) is -6.17. The Balaban J connectivity index is 2.15.